The first kappa shape index (κ1) is 31.7. The molecule has 4 rings (SSSR count). The molecule has 39 heavy (non-hydrogen) atoms. The molecule has 0 heterocycles. The topological polar surface area (TPSA) is 90.5 Å². The first-order valence-electron chi connectivity index (χ1n) is 17.1. The molecule has 4 saturated carbocycles. The van der Waals surface area contributed by atoms with Crippen LogP contribution in [0.5, 0.6) is 0 Å². The Bertz CT molecular complexity index is 748. The van der Waals surface area contributed by atoms with Crippen LogP contribution in [0.1, 0.15) is 118 Å². The molecule has 0 aromatic rings. The molecular formula is C34H65N3O2. The summed E-state index contributed by atoms with van der Waals surface area (Å²) in [6, 6.07) is 0.621. The van der Waals surface area contributed by atoms with Gasteiger partial charge in [-0.05, 0) is 162 Å². The highest BCUT2D eigenvalue weighted by Gasteiger charge is 2.62. The van der Waals surface area contributed by atoms with Crippen LogP contribution in [-0.4, -0.2) is 54.6 Å². The predicted molar refractivity (Wildman–Crippen MR) is 163 cm³/mol. The van der Waals surface area contributed by atoms with Crippen LogP contribution in [-0.2, 0) is 0 Å². The van der Waals surface area contributed by atoms with Crippen LogP contribution in [0.4, 0.5) is 0 Å². The number of fused-ring (bicyclic) bond motifs is 5. The first-order chi connectivity index (χ1) is 18.6. The second-order valence-electron chi connectivity index (χ2n) is 15.4. The number of hydrogen-bond acceptors (Lipinski definition) is 5. The molecule has 5 unspecified atom stereocenters. The summed E-state index contributed by atoms with van der Waals surface area (Å²) in [6.07, 6.45) is 15.5. The average Bonchev–Trinajstić information content (AvgIpc) is 3.26. The van der Waals surface area contributed by atoms with Gasteiger partial charge in [0, 0.05) is 6.04 Å². The zero-order valence-corrected chi connectivity index (χ0v) is 26.3. The molecule has 5 nitrogen and oxygen atoms in total. The van der Waals surface area contributed by atoms with Crippen molar-refractivity contribution in [2.24, 2.45) is 58.0 Å². The third kappa shape index (κ3) is 6.90. The minimum Gasteiger partial charge on any atom is -0.393 e. The minimum atomic E-state index is -0.169. The van der Waals surface area contributed by atoms with Gasteiger partial charge in [-0.1, -0.05) is 34.6 Å². The van der Waals surface area contributed by atoms with Gasteiger partial charge in [-0.25, -0.2) is 0 Å². The Morgan fingerprint density at radius 3 is 2.31 bits per heavy atom. The highest BCUT2D eigenvalue weighted by Crippen LogP contribution is 2.68. The number of nitrogens with two attached hydrogens (primary N) is 1. The maximum Gasteiger partial charge on any atom is 0.0577 e. The van der Waals surface area contributed by atoms with E-state index in [0.717, 1.165) is 57.8 Å². The monoisotopic (exact) mass is 548 g/mol. The number of unbranched alkanes of at least 4 members (excludes halogenated alkanes) is 1. The molecule has 228 valence electrons. The van der Waals surface area contributed by atoms with Crippen molar-refractivity contribution in [1.29, 1.82) is 0 Å². The van der Waals surface area contributed by atoms with E-state index in [0.29, 0.717) is 52.4 Å². The standard InChI is InChI=1S/C34H65N3O2/c1-23(2)30(38)12-9-24(3)27-10-11-28-32-29(14-16-34(27,28)5)33(4)15-13-26(21-25(33)22-31(32)39)37-20-8-19-36-18-7-6-17-35/h23-32,36-39H,6-22,35H2,1-5H3/t24?,25-,26+,27-,28?,29?,30?,31-,32?,33+,34-/m1/s1. The Kier molecular flexibility index (Phi) is 11.3. The summed E-state index contributed by atoms with van der Waals surface area (Å²) in [5.74, 6) is 4.29. The van der Waals surface area contributed by atoms with Crippen LogP contribution in [0.2, 0.25) is 0 Å². The molecule has 0 aliphatic heterocycles. The van der Waals surface area contributed by atoms with Crippen molar-refractivity contribution < 1.29 is 10.2 Å². The van der Waals surface area contributed by atoms with E-state index in [1.807, 2.05) is 0 Å². The molecular weight excluding hydrogens is 482 g/mol. The summed E-state index contributed by atoms with van der Waals surface area (Å²) >= 11 is 0. The van der Waals surface area contributed by atoms with E-state index in [2.05, 4.69) is 45.3 Å². The summed E-state index contributed by atoms with van der Waals surface area (Å²) in [4.78, 5) is 0. The van der Waals surface area contributed by atoms with Gasteiger partial charge in [0.2, 0.25) is 0 Å². The maximum absolute atomic E-state index is 11.7. The van der Waals surface area contributed by atoms with E-state index in [1.54, 1.807) is 0 Å². The van der Waals surface area contributed by atoms with E-state index in [-0.39, 0.29) is 12.2 Å². The third-order valence-corrected chi connectivity index (χ3v) is 12.9. The van der Waals surface area contributed by atoms with Crippen molar-refractivity contribution in [2.75, 3.05) is 26.2 Å². The number of nitrogens with one attached hydrogen (secondary N) is 2. The number of hydrogen-bond donors (Lipinski definition) is 5. The summed E-state index contributed by atoms with van der Waals surface area (Å²) in [5.41, 5.74) is 6.35. The normalized spacial score (nSPS) is 41.6. The Hall–Kier alpha value is -0.200. The maximum atomic E-state index is 11.7. The fourth-order valence-electron chi connectivity index (χ4n) is 10.4. The largest absolute Gasteiger partial charge is 0.393 e. The zero-order valence-electron chi connectivity index (χ0n) is 26.3. The average molecular weight is 548 g/mol. The second-order valence-corrected chi connectivity index (χ2v) is 15.4. The predicted octanol–water partition coefficient (Wildman–Crippen LogP) is 5.73. The second kappa shape index (κ2) is 13.8. The van der Waals surface area contributed by atoms with E-state index in [4.69, 9.17) is 5.73 Å². The molecule has 0 saturated heterocycles. The lowest BCUT2D eigenvalue weighted by Crippen LogP contribution is -2.59. The fraction of sp³-hybridized carbons (Fsp3) is 1.00. The molecule has 0 amide bonds. The van der Waals surface area contributed by atoms with Gasteiger partial charge in [0.05, 0.1) is 12.2 Å². The molecule has 0 aromatic carbocycles. The molecule has 6 N–H and O–H groups in total. The minimum absolute atomic E-state index is 0.119. The summed E-state index contributed by atoms with van der Waals surface area (Å²) in [7, 11) is 0. The molecule has 4 fully saturated rings. The van der Waals surface area contributed by atoms with Gasteiger partial charge in [-0.2, -0.15) is 0 Å². The van der Waals surface area contributed by atoms with Crippen LogP contribution >= 0.6 is 0 Å². The fourth-order valence-corrected chi connectivity index (χ4v) is 10.4. The number of aliphatic hydroxyl groups excluding tert-OH is 2. The van der Waals surface area contributed by atoms with Crippen LogP contribution in [0.3, 0.4) is 0 Å². The van der Waals surface area contributed by atoms with Gasteiger partial charge < -0.3 is 26.6 Å². The van der Waals surface area contributed by atoms with Gasteiger partial charge in [-0.15, -0.1) is 0 Å². The van der Waals surface area contributed by atoms with E-state index in [1.165, 1.54) is 57.8 Å². The van der Waals surface area contributed by atoms with Crippen molar-refractivity contribution in [3.8, 4) is 0 Å². The molecule has 11 atom stereocenters. The molecule has 0 radical (unpaired) electrons. The lowest BCUT2D eigenvalue weighted by Gasteiger charge is -2.62. The Balaban J connectivity index is 1.30. The smallest absolute Gasteiger partial charge is 0.0577 e. The Morgan fingerprint density at radius 2 is 1.56 bits per heavy atom. The Morgan fingerprint density at radius 1 is 0.846 bits per heavy atom. The summed E-state index contributed by atoms with van der Waals surface area (Å²) in [6.45, 7) is 16.0. The van der Waals surface area contributed by atoms with E-state index >= 15 is 0 Å². The van der Waals surface area contributed by atoms with Crippen LogP contribution < -0.4 is 16.4 Å². The third-order valence-electron chi connectivity index (χ3n) is 12.9. The number of rotatable bonds is 14. The SMILES string of the molecule is CC(C)C(O)CCC(C)[C@H]1CCC2C3C(CC[C@@]21C)[C@@]1(C)CC[C@H](NCCCNCCCCN)C[C@@H]1C[C@H]3O. The zero-order chi connectivity index (χ0) is 28.2. The van der Waals surface area contributed by atoms with Gasteiger partial charge in [0.25, 0.3) is 0 Å². The molecule has 0 bridgehead atoms. The molecule has 4 aliphatic rings. The molecule has 5 heteroatoms. The van der Waals surface area contributed by atoms with Crippen LogP contribution in [0, 0.1) is 52.3 Å². The van der Waals surface area contributed by atoms with E-state index < -0.39 is 0 Å². The number of aliphatic hydroxyl groups is 2. The van der Waals surface area contributed by atoms with Gasteiger partial charge in [-0.3, -0.25) is 0 Å². The molecule has 0 spiro atoms. The molecule has 4 aliphatic carbocycles. The van der Waals surface area contributed by atoms with E-state index in [9.17, 15) is 10.2 Å². The lowest BCUT2D eigenvalue weighted by molar-refractivity contribution is -0.167. The summed E-state index contributed by atoms with van der Waals surface area (Å²) in [5, 5.41) is 29.6. The molecule has 0 aromatic heterocycles. The summed E-state index contributed by atoms with van der Waals surface area (Å²) < 4.78 is 0. The Labute approximate surface area is 241 Å². The first-order valence-corrected chi connectivity index (χ1v) is 17.1. The highest BCUT2D eigenvalue weighted by atomic mass is 16.3. The van der Waals surface area contributed by atoms with Crippen LogP contribution in [0.15, 0.2) is 0 Å². The van der Waals surface area contributed by atoms with Gasteiger partial charge in [0.1, 0.15) is 0 Å². The van der Waals surface area contributed by atoms with Crippen molar-refractivity contribution in [2.45, 2.75) is 136 Å². The highest BCUT2D eigenvalue weighted by molar-refractivity contribution is 5.12. The van der Waals surface area contributed by atoms with Crippen molar-refractivity contribution >= 4 is 0 Å². The van der Waals surface area contributed by atoms with Crippen LogP contribution in [0.25, 0.3) is 0 Å². The van der Waals surface area contributed by atoms with Gasteiger partial charge >= 0.3 is 0 Å². The van der Waals surface area contributed by atoms with Crippen molar-refractivity contribution in [1.82, 2.24) is 10.6 Å². The lowest BCUT2D eigenvalue weighted by atomic mass is 9.43. The van der Waals surface area contributed by atoms with Gasteiger partial charge in [0.15, 0.2) is 0 Å². The quantitative estimate of drug-likeness (QED) is 0.179. The van der Waals surface area contributed by atoms with Crippen molar-refractivity contribution in [3.05, 3.63) is 0 Å². The van der Waals surface area contributed by atoms with Crippen molar-refractivity contribution in [3.63, 3.8) is 0 Å².